The Kier molecular flexibility index (Phi) is 7.19. The molecule has 22 heavy (non-hydrogen) atoms. The van der Waals surface area contributed by atoms with Gasteiger partial charge in [-0.05, 0) is 24.6 Å². The van der Waals surface area contributed by atoms with Gasteiger partial charge in [-0.2, -0.15) is 0 Å². The zero-order valence-corrected chi connectivity index (χ0v) is 13.1. The first-order chi connectivity index (χ1) is 10.5. The minimum absolute atomic E-state index is 0.0288. The number of hydrogen-bond acceptors (Lipinski definition) is 5. The Hall–Kier alpha value is -2.27. The monoisotopic (exact) mass is 324 g/mol. The molecule has 0 N–H and O–H groups in total. The lowest BCUT2D eigenvalue weighted by Crippen LogP contribution is -2.23. The molecule has 6 heteroatoms. The van der Waals surface area contributed by atoms with Gasteiger partial charge in [-0.1, -0.05) is 42.5 Å². The fourth-order valence-corrected chi connectivity index (χ4v) is 1.73. The Bertz CT molecular complexity index is 580. The number of rotatable bonds is 6. The molecule has 0 saturated carbocycles. The highest BCUT2D eigenvalue weighted by molar-refractivity contribution is 6.32. The first-order valence-electron chi connectivity index (χ1n) is 6.52. The summed E-state index contributed by atoms with van der Waals surface area (Å²) in [5.74, 6) is -0.682. The maximum Gasteiger partial charge on any atom is 0.509 e. The number of carbonyl (C=O) groups excluding carboxylic acids is 2. The second-order valence-electron chi connectivity index (χ2n) is 4.12. The highest BCUT2D eigenvalue weighted by atomic mass is 35.5. The van der Waals surface area contributed by atoms with E-state index in [2.05, 4.69) is 11.3 Å². The molecule has 0 aliphatic carbocycles. The third kappa shape index (κ3) is 5.26. The summed E-state index contributed by atoms with van der Waals surface area (Å²) < 4.78 is 14.3. The predicted molar refractivity (Wildman–Crippen MR) is 83.5 cm³/mol. The molecule has 0 amide bonds. The van der Waals surface area contributed by atoms with Gasteiger partial charge in [-0.25, -0.2) is 9.59 Å². The van der Waals surface area contributed by atoms with Crippen molar-refractivity contribution in [2.75, 3.05) is 13.7 Å². The topological polar surface area (TPSA) is 61.8 Å². The minimum atomic E-state index is -1.01. The second-order valence-corrected chi connectivity index (χ2v) is 4.53. The van der Waals surface area contributed by atoms with E-state index in [1.807, 2.05) is 6.07 Å². The second kappa shape index (κ2) is 8.89. The fraction of sp³-hybridized carbons (Fsp3) is 0.250. The molecule has 118 valence electrons. The summed E-state index contributed by atoms with van der Waals surface area (Å²) in [6, 6.07) is 7.10. The van der Waals surface area contributed by atoms with Gasteiger partial charge in [0.05, 0.1) is 19.3 Å². The molecule has 0 radical (unpaired) electrons. The molecule has 1 unspecified atom stereocenters. The zero-order chi connectivity index (χ0) is 16.5. The van der Waals surface area contributed by atoms with Gasteiger partial charge < -0.3 is 14.2 Å². The minimum Gasteiger partial charge on any atom is -0.466 e. The van der Waals surface area contributed by atoms with E-state index in [0.29, 0.717) is 10.6 Å². The summed E-state index contributed by atoms with van der Waals surface area (Å²) in [5.41, 5.74) is 0.679. The highest BCUT2D eigenvalue weighted by Crippen LogP contribution is 2.18. The number of halogens is 1. The van der Waals surface area contributed by atoms with Crippen LogP contribution in [-0.2, 0) is 19.0 Å². The highest BCUT2D eigenvalue weighted by Gasteiger charge is 2.22. The molecule has 0 bridgehead atoms. The third-order valence-electron chi connectivity index (χ3n) is 2.63. The van der Waals surface area contributed by atoms with Gasteiger partial charge in [0, 0.05) is 5.02 Å². The van der Waals surface area contributed by atoms with Gasteiger partial charge in [-0.3, -0.25) is 0 Å². The van der Waals surface area contributed by atoms with Crippen molar-refractivity contribution in [2.24, 2.45) is 0 Å². The van der Waals surface area contributed by atoms with Crippen molar-refractivity contribution in [2.45, 2.75) is 13.0 Å². The average Bonchev–Trinajstić information content (AvgIpc) is 2.51. The summed E-state index contributed by atoms with van der Waals surface area (Å²) in [5, 5.41) is 0.525. The molecule has 0 saturated heterocycles. The summed E-state index contributed by atoms with van der Waals surface area (Å²) in [6.45, 7) is 5.38. The lowest BCUT2D eigenvalue weighted by Gasteiger charge is -2.15. The van der Waals surface area contributed by atoms with Crippen LogP contribution in [0.15, 0.2) is 42.5 Å². The lowest BCUT2D eigenvalue weighted by atomic mass is 10.1. The fourth-order valence-electron chi connectivity index (χ4n) is 1.53. The number of benzene rings is 1. The van der Waals surface area contributed by atoms with E-state index in [4.69, 9.17) is 21.1 Å². The lowest BCUT2D eigenvalue weighted by molar-refractivity contribution is -0.137. The smallest absolute Gasteiger partial charge is 0.466 e. The molecule has 0 aromatic heterocycles. The molecule has 0 spiro atoms. The van der Waals surface area contributed by atoms with E-state index in [1.54, 1.807) is 31.2 Å². The van der Waals surface area contributed by atoms with Crippen LogP contribution in [0.5, 0.6) is 0 Å². The number of esters is 1. The molecular weight excluding hydrogens is 308 g/mol. The number of ether oxygens (including phenoxy) is 3. The van der Waals surface area contributed by atoms with Crippen molar-refractivity contribution in [1.29, 1.82) is 0 Å². The standard InChI is InChI=1S/C16H17ClO5/c1-4-21-16(19)22-14(11(2)15(18)20-3)10-9-12-7-5-6-8-13(12)17/h5-10,14H,2,4H2,1,3H3/b10-9+. The van der Waals surface area contributed by atoms with E-state index in [-0.39, 0.29) is 12.2 Å². The van der Waals surface area contributed by atoms with Gasteiger partial charge in [0.2, 0.25) is 0 Å². The van der Waals surface area contributed by atoms with Gasteiger partial charge >= 0.3 is 12.1 Å². The van der Waals surface area contributed by atoms with Crippen LogP contribution in [0.2, 0.25) is 5.02 Å². The zero-order valence-electron chi connectivity index (χ0n) is 12.4. The average molecular weight is 325 g/mol. The Morgan fingerprint density at radius 3 is 2.64 bits per heavy atom. The van der Waals surface area contributed by atoms with Crippen LogP contribution in [-0.4, -0.2) is 31.9 Å². The molecule has 1 aromatic carbocycles. The van der Waals surface area contributed by atoms with Crippen molar-refractivity contribution >= 4 is 29.8 Å². The van der Waals surface area contributed by atoms with Gasteiger partial charge in [0.1, 0.15) is 0 Å². The normalized spacial score (nSPS) is 11.8. The molecule has 0 aliphatic rings. The Morgan fingerprint density at radius 1 is 1.36 bits per heavy atom. The molecule has 5 nitrogen and oxygen atoms in total. The molecular formula is C16H17ClO5. The summed E-state index contributed by atoms with van der Waals surface area (Å²) in [4.78, 5) is 23.0. The van der Waals surface area contributed by atoms with Gasteiger partial charge in [-0.15, -0.1) is 0 Å². The largest absolute Gasteiger partial charge is 0.509 e. The molecule has 1 rings (SSSR count). The van der Waals surface area contributed by atoms with Crippen molar-refractivity contribution < 1.29 is 23.8 Å². The van der Waals surface area contributed by atoms with Crippen LogP contribution < -0.4 is 0 Å². The summed E-state index contributed by atoms with van der Waals surface area (Å²) in [7, 11) is 1.21. The maximum absolute atomic E-state index is 11.6. The number of hydrogen-bond donors (Lipinski definition) is 0. The molecule has 0 fully saturated rings. The van der Waals surface area contributed by atoms with E-state index in [0.717, 1.165) is 0 Å². The van der Waals surface area contributed by atoms with Gasteiger partial charge in [0.15, 0.2) is 6.10 Å². The molecule has 0 heterocycles. The molecule has 1 aromatic rings. The summed E-state index contributed by atoms with van der Waals surface area (Å²) >= 11 is 6.03. The van der Waals surface area contributed by atoms with Crippen molar-refractivity contribution in [3.05, 3.63) is 53.1 Å². The van der Waals surface area contributed by atoms with E-state index < -0.39 is 18.2 Å². The van der Waals surface area contributed by atoms with E-state index >= 15 is 0 Å². The third-order valence-corrected chi connectivity index (χ3v) is 2.98. The van der Waals surface area contributed by atoms with Crippen molar-refractivity contribution in [3.63, 3.8) is 0 Å². The first kappa shape index (κ1) is 17.8. The first-order valence-corrected chi connectivity index (χ1v) is 6.90. The summed E-state index contributed by atoms with van der Waals surface area (Å²) in [6.07, 6.45) is 1.20. The van der Waals surface area contributed by atoms with Crippen LogP contribution in [0.3, 0.4) is 0 Å². The Morgan fingerprint density at radius 2 is 2.05 bits per heavy atom. The quantitative estimate of drug-likeness (QED) is 0.590. The SMILES string of the molecule is C=C(C(=O)OC)C(/C=C/c1ccccc1Cl)OC(=O)OCC. The Balaban J connectivity index is 2.94. The van der Waals surface area contributed by atoms with Crippen molar-refractivity contribution in [1.82, 2.24) is 0 Å². The van der Waals surface area contributed by atoms with E-state index in [1.165, 1.54) is 13.2 Å². The van der Waals surface area contributed by atoms with Crippen LogP contribution in [0.4, 0.5) is 4.79 Å². The predicted octanol–water partition coefficient (Wildman–Crippen LogP) is 3.62. The van der Waals surface area contributed by atoms with Crippen molar-refractivity contribution in [3.8, 4) is 0 Å². The van der Waals surface area contributed by atoms with Crippen LogP contribution in [0, 0.1) is 0 Å². The van der Waals surface area contributed by atoms with Crippen LogP contribution in [0.1, 0.15) is 12.5 Å². The molecule has 1 atom stereocenters. The van der Waals surface area contributed by atoms with E-state index in [9.17, 15) is 9.59 Å². The van der Waals surface area contributed by atoms with Gasteiger partial charge in [0.25, 0.3) is 0 Å². The number of methoxy groups -OCH3 is 1. The van der Waals surface area contributed by atoms with Crippen LogP contribution >= 0.6 is 11.6 Å². The number of carbonyl (C=O) groups is 2. The maximum atomic E-state index is 11.6. The van der Waals surface area contributed by atoms with Crippen LogP contribution in [0.25, 0.3) is 6.08 Å². The Labute approximate surface area is 134 Å². The molecule has 0 aliphatic heterocycles.